The lowest BCUT2D eigenvalue weighted by Gasteiger charge is -2.13. The maximum Gasteiger partial charge on any atom is 0.332 e. The van der Waals surface area contributed by atoms with Crippen LogP contribution in [0.4, 0.5) is 0 Å². The first-order chi connectivity index (χ1) is 14.3. The molecule has 0 aliphatic carbocycles. The van der Waals surface area contributed by atoms with Crippen molar-refractivity contribution in [2.24, 2.45) is 14.1 Å². The van der Waals surface area contributed by atoms with E-state index in [1.807, 2.05) is 25.3 Å². The van der Waals surface area contributed by atoms with Gasteiger partial charge in [-0.25, -0.2) is 13.8 Å². The normalized spacial score (nSPS) is 11.6. The Morgan fingerprint density at radius 2 is 1.70 bits per heavy atom. The lowest BCUT2D eigenvalue weighted by Crippen LogP contribution is -2.37. The Morgan fingerprint density at radius 1 is 1.03 bits per heavy atom. The van der Waals surface area contributed by atoms with Crippen molar-refractivity contribution in [2.75, 3.05) is 6.26 Å². The highest BCUT2D eigenvalue weighted by molar-refractivity contribution is 7.98. The molecule has 0 saturated heterocycles. The number of imidazole rings is 1. The molecule has 0 fully saturated rings. The van der Waals surface area contributed by atoms with E-state index in [1.165, 1.54) is 27.6 Å². The highest BCUT2D eigenvalue weighted by Crippen LogP contribution is 2.25. The Labute approximate surface area is 174 Å². The lowest BCUT2D eigenvalue weighted by atomic mass is 10.2. The van der Waals surface area contributed by atoms with Crippen LogP contribution in [0.25, 0.3) is 22.6 Å². The first kappa shape index (κ1) is 20.0. The fourth-order valence-corrected chi connectivity index (χ4v) is 4.03. The second-order valence-electron chi connectivity index (χ2n) is 7.02. The number of aromatic hydroxyl groups is 1. The van der Waals surface area contributed by atoms with Crippen LogP contribution in [0, 0.1) is 0 Å². The topological polar surface area (TPSA) is 104 Å². The van der Waals surface area contributed by atoms with E-state index in [2.05, 4.69) is 4.98 Å². The molecule has 0 spiro atoms. The Morgan fingerprint density at radius 3 is 2.30 bits per heavy atom. The SMILES string of the molecule is CCCc1c(O)n2c3c(=O)n(C)c(=O)n(C)c3nc2n(-c2ccc(SC)cc2)c1=O. The van der Waals surface area contributed by atoms with Crippen molar-refractivity contribution in [3.8, 4) is 11.6 Å². The molecule has 0 saturated carbocycles. The summed E-state index contributed by atoms with van der Waals surface area (Å²) in [4.78, 5) is 44.1. The van der Waals surface area contributed by atoms with Gasteiger partial charge in [0.15, 0.2) is 11.2 Å². The molecule has 1 aromatic carbocycles. The van der Waals surface area contributed by atoms with E-state index in [1.54, 1.807) is 23.9 Å². The summed E-state index contributed by atoms with van der Waals surface area (Å²) in [5, 5.41) is 10.9. The number of benzene rings is 1. The van der Waals surface area contributed by atoms with E-state index >= 15 is 0 Å². The van der Waals surface area contributed by atoms with Crippen molar-refractivity contribution in [1.29, 1.82) is 0 Å². The van der Waals surface area contributed by atoms with Crippen molar-refractivity contribution < 1.29 is 5.11 Å². The minimum Gasteiger partial charge on any atom is -0.494 e. The molecule has 0 amide bonds. The molecule has 30 heavy (non-hydrogen) atoms. The Balaban J connectivity index is 2.28. The summed E-state index contributed by atoms with van der Waals surface area (Å²) in [5.41, 5.74) is -0.661. The maximum absolute atomic E-state index is 13.3. The van der Waals surface area contributed by atoms with Crippen molar-refractivity contribution in [3.63, 3.8) is 0 Å². The molecule has 0 bridgehead atoms. The molecule has 0 atom stereocenters. The van der Waals surface area contributed by atoms with Gasteiger partial charge in [-0.05, 0) is 36.9 Å². The van der Waals surface area contributed by atoms with Gasteiger partial charge >= 0.3 is 5.69 Å². The van der Waals surface area contributed by atoms with Crippen LogP contribution in [0.1, 0.15) is 18.9 Å². The Kier molecular flexibility index (Phi) is 4.81. The van der Waals surface area contributed by atoms with Crippen LogP contribution in [0.2, 0.25) is 0 Å². The molecular weight excluding hydrogens is 406 g/mol. The minimum absolute atomic E-state index is 0.0407. The highest BCUT2D eigenvalue weighted by Gasteiger charge is 2.24. The van der Waals surface area contributed by atoms with Crippen LogP contribution in [0.5, 0.6) is 5.88 Å². The van der Waals surface area contributed by atoms with Gasteiger partial charge in [-0.1, -0.05) is 13.3 Å². The third-order valence-corrected chi connectivity index (χ3v) is 5.96. The predicted molar refractivity (Wildman–Crippen MR) is 116 cm³/mol. The molecule has 1 N–H and O–H groups in total. The highest BCUT2D eigenvalue weighted by atomic mass is 32.2. The molecule has 4 aromatic rings. The van der Waals surface area contributed by atoms with Gasteiger partial charge in [0.1, 0.15) is 0 Å². The van der Waals surface area contributed by atoms with Crippen molar-refractivity contribution in [2.45, 2.75) is 24.7 Å². The number of thioether (sulfide) groups is 1. The van der Waals surface area contributed by atoms with Gasteiger partial charge in [0.25, 0.3) is 11.1 Å². The summed E-state index contributed by atoms with van der Waals surface area (Å²) < 4.78 is 4.83. The summed E-state index contributed by atoms with van der Waals surface area (Å²) in [6.45, 7) is 1.90. The van der Waals surface area contributed by atoms with Crippen LogP contribution in [0.15, 0.2) is 43.5 Å². The number of rotatable bonds is 4. The zero-order valence-electron chi connectivity index (χ0n) is 17.0. The third kappa shape index (κ3) is 2.71. The quantitative estimate of drug-likeness (QED) is 0.494. The largest absolute Gasteiger partial charge is 0.494 e. The van der Waals surface area contributed by atoms with Crippen LogP contribution in [0.3, 0.4) is 0 Å². The smallest absolute Gasteiger partial charge is 0.332 e. The van der Waals surface area contributed by atoms with Crippen molar-refractivity contribution in [1.82, 2.24) is 23.1 Å². The van der Waals surface area contributed by atoms with Crippen molar-refractivity contribution >= 4 is 28.7 Å². The van der Waals surface area contributed by atoms with Crippen LogP contribution in [-0.4, -0.2) is 34.4 Å². The first-order valence-electron chi connectivity index (χ1n) is 9.41. The molecule has 0 unspecified atom stereocenters. The van der Waals surface area contributed by atoms with Gasteiger partial charge in [0, 0.05) is 19.0 Å². The zero-order valence-corrected chi connectivity index (χ0v) is 17.9. The summed E-state index contributed by atoms with van der Waals surface area (Å²) in [6, 6.07) is 7.34. The fourth-order valence-electron chi connectivity index (χ4n) is 3.62. The van der Waals surface area contributed by atoms with E-state index in [9.17, 15) is 19.5 Å². The summed E-state index contributed by atoms with van der Waals surface area (Å²) >= 11 is 1.57. The number of hydrogen-bond acceptors (Lipinski definition) is 6. The molecule has 3 heterocycles. The number of fused-ring (bicyclic) bond motifs is 3. The predicted octanol–water partition coefficient (Wildman–Crippen LogP) is 1.42. The first-order valence-corrected chi connectivity index (χ1v) is 10.6. The van der Waals surface area contributed by atoms with Crippen molar-refractivity contribution in [3.05, 3.63) is 61.0 Å². The maximum atomic E-state index is 13.3. The molecule has 0 aliphatic rings. The van der Waals surface area contributed by atoms with Crippen LogP contribution >= 0.6 is 11.8 Å². The second-order valence-corrected chi connectivity index (χ2v) is 7.90. The molecule has 3 aromatic heterocycles. The number of aryl methyl sites for hydroxylation is 1. The van der Waals surface area contributed by atoms with Gasteiger partial charge in [0.2, 0.25) is 11.7 Å². The monoisotopic (exact) mass is 427 g/mol. The van der Waals surface area contributed by atoms with E-state index < -0.39 is 16.8 Å². The van der Waals surface area contributed by atoms with Gasteiger partial charge < -0.3 is 5.11 Å². The average Bonchev–Trinajstić information content (AvgIpc) is 3.15. The van der Waals surface area contributed by atoms with Crippen LogP contribution in [-0.2, 0) is 20.5 Å². The number of aromatic nitrogens is 5. The molecule has 4 rings (SSSR count). The Hall–Kier alpha value is -3.27. The Bertz CT molecular complexity index is 1470. The number of nitrogens with zero attached hydrogens (tertiary/aromatic N) is 5. The van der Waals surface area contributed by atoms with Gasteiger partial charge in [0.05, 0.1) is 11.3 Å². The van der Waals surface area contributed by atoms with Gasteiger partial charge in [-0.15, -0.1) is 11.8 Å². The molecule has 0 aliphatic heterocycles. The lowest BCUT2D eigenvalue weighted by molar-refractivity contribution is 0.435. The van der Waals surface area contributed by atoms with Crippen LogP contribution < -0.4 is 16.8 Å². The second kappa shape index (κ2) is 7.21. The average molecular weight is 427 g/mol. The third-order valence-electron chi connectivity index (χ3n) is 5.21. The zero-order chi connectivity index (χ0) is 21.7. The van der Waals surface area contributed by atoms with E-state index in [-0.39, 0.29) is 28.4 Å². The van der Waals surface area contributed by atoms with E-state index in [4.69, 9.17) is 0 Å². The van der Waals surface area contributed by atoms with E-state index in [0.29, 0.717) is 18.5 Å². The van der Waals surface area contributed by atoms with E-state index in [0.717, 1.165) is 9.46 Å². The van der Waals surface area contributed by atoms with Gasteiger partial charge in [-0.3, -0.25) is 18.7 Å². The molecule has 156 valence electrons. The number of hydrogen-bond donors (Lipinski definition) is 1. The van der Waals surface area contributed by atoms with Gasteiger partial charge in [-0.2, -0.15) is 4.98 Å². The summed E-state index contributed by atoms with van der Waals surface area (Å²) in [7, 11) is 2.86. The molecule has 9 nitrogen and oxygen atoms in total. The standard InChI is InChI=1S/C20H21N5O4S/c1-5-6-13-16(26)24(11-7-9-12(30-4)10-8-11)19-21-15-14(25(19)17(13)27)18(28)23(3)20(29)22(15)2/h7-10,27H,5-6H2,1-4H3. The summed E-state index contributed by atoms with van der Waals surface area (Å²) in [6.07, 6.45) is 2.91. The minimum atomic E-state index is -0.596. The fraction of sp³-hybridized carbons (Fsp3) is 0.300. The molecule has 0 radical (unpaired) electrons. The molecule has 10 heteroatoms. The molecular formula is C20H21N5O4S. The summed E-state index contributed by atoms with van der Waals surface area (Å²) in [5.74, 6) is -0.255.